The molecule has 0 unspecified atom stereocenters. The number of nitrogens with one attached hydrogen (secondary N) is 1. The van der Waals surface area contributed by atoms with Crippen LogP contribution in [-0.4, -0.2) is 5.21 Å². The van der Waals surface area contributed by atoms with E-state index in [-0.39, 0.29) is 0 Å². The van der Waals surface area contributed by atoms with Gasteiger partial charge < -0.3 is 10.9 Å². The van der Waals surface area contributed by atoms with Crippen LogP contribution in [0.1, 0.15) is 11.1 Å². The SMILES string of the molecule is NCc1ccc2ccccc2c1CNO. The molecule has 2 aromatic rings. The monoisotopic (exact) mass is 202 g/mol. The van der Waals surface area contributed by atoms with Crippen molar-refractivity contribution in [2.75, 3.05) is 0 Å². The summed E-state index contributed by atoms with van der Waals surface area (Å²) in [4.78, 5) is 0. The van der Waals surface area contributed by atoms with E-state index in [1.165, 1.54) is 5.39 Å². The van der Waals surface area contributed by atoms with Gasteiger partial charge in [-0.15, -0.1) is 0 Å². The van der Waals surface area contributed by atoms with Crippen LogP contribution < -0.4 is 11.2 Å². The van der Waals surface area contributed by atoms with E-state index in [4.69, 9.17) is 10.9 Å². The average molecular weight is 202 g/mol. The number of rotatable bonds is 3. The van der Waals surface area contributed by atoms with Gasteiger partial charge in [-0.3, -0.25) is 0 Å². The summed E-state index contributed by atoms with van der Waals surface area (Å²) in [5.41, 5.74) is 9.99. The summed E-state index contributed by atoms with van der Waals surface area (Å²) in [6.45, 7) is 0.912. The molecule has 0 heterocycles. The van der Waals surface area contributed by atoms with Crippen molar-refractivity contribution < 1.29 is 5.21 Å². The Hall–Kier alpha value is -1.42. The van der Waals surface area contributed by atoms with Crippen LogP contribution in [0.2, 0.25) is 0 Å². The first-order valence-electron chi connectivity index (χ1n) is 4.93. The van der Waals surface area contributed by atoms with Crippen LogP contribution in [0.4, 0.5) is 0 Å². The highest BCUT2D eigenvalue weighted by Crippen LogP contribution is 2.22. The van der Waals surface area contributed by atoms with Crippen LogP contribution in [0.3, 0.4) is 0 Å². The van der Waals surface area contributed by atoms with E-state index in [9.17, 15) is 0 Å². The highest BCUT2D eigenvalue weighted by Gasteiger charge is 2.05. The van der Waals surface area contributed by atoms with Crippen molar-refractivity contribution >= 4 is 10.8 Å². The number of benzene rings is 2. The normalized spacial score (nSPS) is 10.8. The predicted molar refractivity (Wildman–Crippen MR) is 60.5 cm³/mol. The van der Waals surface area contributed by atoms with Gasteiger partial charge in [0.25, 0.3) is 0 Å². The van der Waals surface area contributed by atoms with E-state index in [2.05, 4.69) is 17.6 Å². The Labute approximate surface area is 88.5 Å². The Bertz CT molecular complexity index is 468. The molecular weight excluding hydrogens is 188 g/mol. The summed E-state index contributed by atoms with van der Waals surface area (Å²) < 4.78 is 0. The Balaban J connectivity index is 2.67. The molecule has 0 aliphatic heterocycles. The molecule has 0 saturated carbocycles. The first kappa shape index (κ1) is 10.1. The zero-order chi connectivity index (χ0) is 10.7. The lowest BCUT2D eigenvalue weighted by atomic mass is 9.99. The lowest BCUT2D eigenvalue weighted by Crippen LogP contribution is -2.11. The van der Waals surface area contributed by atoms with E-state index < -0.39 is 0 Å². The number of nitrogens with two attached hydrogens (primary N) is 1. The molecule has 0 fully saturated rings. The molecule has 0 aliphatic carbocycles. The summed E-state index contributed by atoms with van der Waals surface area (Å²) in [5.74, 6) is 0. The van der Waals surface area contributed by atoms with Crippen LogP contribution in [0, 0.1) is 0 Å². The van der Waals surface area contributed by atoms with Gasteiger partial charge in [-0.1, -0.05) is 36.4 Å². The van der Waals surface area contributed by atoms with E-state index in [1.54, 1.807) is 0 Å². The Morgan fingerprint density at radius 2 is 1.93 bits per heavy atom. The molecule has 0 amide bonds. The standard InChI is InChI=1S/C12H14N2O/c13-7-10-6-5-9-3-1-2-4-11(9)12(10)8-14-15/h1-6,14-15H,7-8,13H2. The third-order valence-corrected chi connectivity index (χ3v) is 2.61. The molecule has 3 nitrogen and oxygen atoms in total. The second-order valence-electron chi connectivity index (χ2n) is 3.46. The van der Waals surface area contributed by atoms with Gasteiger partial charge in [-0.25, -0.2) is 5.48 Å². The highest BCUT2D eigenvalue weighted by atomic mass is 16.5. The summed E-state index contributed by atoms with van der Waals surface area (Å²) in [6.07, 6.45) is 0. The van der Waals surface area contributed by atoms with E-state index in [0.717, 1.165) is 16.5 Å². The molecule has 0 aliphatic rings. The topological polar surface area (TPSA) is 58.3 Å². The Kier molecular flexibility index (Phi) is 2.97. The van der Waals surface area contributed by atoms with Gasteiger partial charge in [0.1, 0.15) is 0 Å². The van der Waals surface area contributed by atoms with Crippen molar-refractivity contribution in [3.8, 4) is 0 Å². The number of hydroxylamine groups is 1. The van der Waals surface area contributed by atoms with Crippen molar-refractivity contribution in [1.82, 2.24) is 5.48 Å². The van der Waals surface area contributed by atoms with Crippen molar-refractivity contribution in [2.45, 2.75) is 13.1 Å². The quantitative estimate of drug-likeness (QED) is 0.665. The summed E-state index contributed by atoms with van der Waals surface area (Å²) in [5, 5.41) is 11.1. The molecule has 0 atom stereocenters. The molecule has 2 rings (SSSR count). The van der Waals surface area contributed by atoms with Gasteiger partial charge in [0.2, 0.25) is 0 Å². The maximum atomic E-state index is 8.81. The van der Waals surface area contributed by atoms with E-state index in [1.807, 2.05) is 24.3 Å². The van der Waals surface area contributed by atoms with E-state index >= 15 is 0 Å². The van der Waals surface area contributed by atoms with Gasteiger partial charge in [0.05, 0.1) is 0 Å². The second-order valence-corrected chi connectivity index (χ2v) is 3.46. The Morgan fingerprint density at radius 1 is 1.13 bits per heavy atom. The molecule has 78 valence electrons. The first-order valence-corrected chi connectivity index (χ1v) is 4.93. The third kappa shape index (κ3) is 1.85. The maximum absolute atomic E-state index is 8.81. The molecule has 3 heteroatoms. The largest absolute Gasteiger partial charge is 0.326 e. The summed E-state index contributed by atoms with van der Waals surface area (Å²) in [7, 11) is 0. The minimum Gasteiger partial charge on any atom is -0.326 e. The third-order valence-electron chi connectivity index (χ3n) is 2.61. The van der Waals surface area contributed by atoms with Gasteiger partial charge in [-0.05, 0) is 21.9 Å². The molecule has 4 N–H and O–H groups in total. The smallest absolute Gasteiger partial charge is 0.0467 e. The molecule has 0 saturated heterocycles. The van der Waals surface area contributed by atoms with Crippen LogP contribution in [-0.2, 0) is 13.1 Å². The maximum Gasteiger partial charge on any atom is 0.0467 e. The van der Waals surface area contributed by atoms with Crippen molar-refractivity contribution in [3.05, 3.63) is 47.5 Å². The lowest BCUT2D eigenvalue weighted by Gasteiger charge is -2.10. The zero-order valence-electron chi connectivity index (χ0n) is 8.40. The molecular formula is C12H14N2O. The molecule has 15 heavy (non-hydrogen) atoms. The summed E-state index contributed by atoms with van der Waals surface area (Å²) >= 11 is 0. The first-order chi connectivity index (χ1) is 7.36. The highest BCUT2D eigenvalue weighted by molar-refractivity contribution is 5.86. The fourth-order valence-electron chi connectivity index (χ4n) is 1.86. The lowest BCUT2D eigenvalue weighted by molar-refractivity contribution is 0.161. The van der Waals surface area contributed by atoms with Crippen molar-refractivity contribution in [3.63, 3.8) is 0 Å². The van der Waals surface area contributed by atoms with Crippen molar-refractivity contribution in [1.29, 1.82) is 0 Å². The summed E-state index contributed by atoms with van der Waals surface area (Å²) in [6, 6.07) is 12.1. The van der Waals surface area contributed by atoms with Crippen LogP contribution in [0.5, 0.6) is 0 Å². The van der Waals surface area contributed by atoms with Crippen LogP contribution >= 0.6 is 0 Å². The number of fused-ring (bicyclic) bond motifs is 1. The van der Waals surface area contributed by atoms with Gasteiger partial charge in [0, 0.05) is 13.1 Å². The zero-order valence-corrected chi connectivity index (χ0v) is 8.40. The van der Waals surface area contributed by atoms with Crippen LogP contribution in [0.25, 0.3) is 10.8 Å². The second kappa shape index (κ2) is 4.40. The fourth-order valence-corrected chi connectivity index (χ4v) is 1.86. The van der Waals surface area contributed by atoms with Gasteiger partial charge >= 0.3 is 0 Å². The van der Waals surface area contributed by atoms with Gasteiger partial charge in [0.15, 0.2) is 0 Å². The van der Waals surface area contributed by atoms with Crippen molar-refractivity contribution in [2.24, 2.45) is 5.73 Å². The Morgan fingerprint density at radius 3 is 2.67 bits per heavy atom. The molecule has 0 radical (unpaired) electrons. The van der Waals surface area contributed by atoms with Crippen LogP contribution in [0.15, 0.2) is 36.4 Å². The minimum absolute atomic E-state index is 0.424. The average Bonchev–Trinajstić information content (AvgIpc) is 2.30. The predicted octanol–water partition coefficient (Wildman–Crippen LogP) is 1.78. The van der Waals surface area contributed by atoms with E-state index in [0.29, 0.717) is 13.1 Å². The molecule has 0 aromatic heterocycles. The number of hydrogen-bond donors (Lipinski definition) is 3. The van der Waals surface area contributed by atoms with Gasteiger partial charge in [-0.2, -0.15) is 0 Å². The minimum atomic E-state index is 0.424. The molecule has 0 bridgehead atoms. The molecule has 2 aromatic carbocycles. The molecule has 0 spiro atoms. The fraction of sp³-hybridized carbons (Fsp3) is 0.167. The number of hydrogen-bond acceptors (Lipinski definition) is 3.